The Morgan fingerprint density at radius 2 is 2.20 bits per heavy atom. The third-order valence-corrected chi connectivity index (χ3v) is 5.54. The summed E-state index contributed by atoms with van der Waals surface area (Å²) in [5.41, 5.74) is 2.17. The molecule has 3 rings (SSSR count). The maximum Gasteiger partial charge on any atom is 0.151 e. The van der Waals surface area contributed by atoms with Crippen molar-refractivity contribution in [1.82, 2.24) is 14.9 Å². The summed E-state index contributed by atoms with van der Waals surface area (Å²) in [4.78, 5) is 4.36. The molecule has 1 aliphatic heterocycles. The van der Waals surface area contributed by atoms with Crippen LogP contribution in [0.25, 0.3) is 11.0 Å². The summed E-state index contributed by atoms with van der Waals surface area (Å²) in [6.45, 7) is 1.74. The van der Waals surface area contributed by atoms with Crippen molar-refractivity contribution in [1.29, 1.82) is 0 Å². The van der Waals surface area contributed by atoms with Gasteiger partial charge < -0.3 is 9.88 Å². The van der Waals surface area contributed by atoms with Crippen LogP contribution in [0.4, 0.5) is 0 Å². The Hall–Kier alpha value is -1.40. The van der Waals surface area contributed by atoms with Gasteiger partial charge in [0.15, 0.2) is 9.84 Å². The van der Waals surface area contributed by atoms with Gasteiger partial charge in [0.2, 0.25) is 0 Å². The van der Waals surface area contributed by atoms with E-state index in [1.165, 1.54) is 0 Å². The molecular weight excluding hydrogens is 274 g/mol. The highest BCUT2D eigenvalue weighted by molar-refractivity contribution is 7.91. The van der Waals surface area contributed by atoms with E-state index < -0.39 is 9.84 Å². The molecule has 1 aromatic heterocycles. The van der Waals surface area contributed by atoms with Gasteiger partial charge in [0, 0.05) is 12.6 Å². The summed E-state index contributed by atoms with van der Waals surface area (Å²) in [5, 5.41) is 3.33. The van der Waals surface area contributed by atoms with Crippen molar-refractivity contribution in [3.05, 3.63) is 30.6 Å². The lowest BCUT2D eigenvalue weighted by Gasteiger charge is -2.10. The fourth-order valence-corrected chi connectivity index (χ4v) is 4.41. The van der Waals surface area contributed by atoms with E-state index in [9.17, 15) is 8.42 Å². The number of imidazole rings is 1. The van der Waals surface area contributed by atoms with E-state index in [1.807, 2.05) is 24.5 Å². The van der Waals surface area contributed by atoms with Crippen LogP contribution in [-0.2, 0) is 16.4 Å². The summed E-state index contributed by atoms with van der Waals surface area (Å²) in [7, 11) is -2.78. The smallest absolute Gasteiger partial charge is 0.151 e. The zero-order valence-electron chi connectivity index (χ0n) is 11.3. The fraction of sp³-hybridized carbons (Fsp3) is 0.500. The normalized spacial score (nSPS) is 21.5. The van der Waals surface area contributed by atoms with E-state index in [0.29, 0.717) is 11.5 Å². The van der Waals surface area contributed by atoms with Crippen LogP contribution in [0.1, 0.15) is 12.8 Å². The highest BCUT2D eigenvalue weighted by Crippen LogP contribution is 2.13. The van der Waals surface area contributed by atoms with Crippen LogP contribution in [0.2, 0.25) is 0 Å². The van der Waals surface area contributed by atoms with Crippen LogP contribution in [0.3, 0.4) is 0 Å². The minimum atomic E-state index is -2.78. The van der Waals surface area contributed by atoms with Gasteiger partial charge in [0.05, 0.1) is 28.9 Å². The number of aryl methyl sites for hydroxylation is 1. The number of sulfone groups is 1. The number of rotatable bonds is 5. The van der Waals surface area contributed by atoms with Gasteiger partial charge in [-0.2, -0.15) is 0 Å². The first-order valence-corrected chi connectivity index (χ1v) is 8.80. The van der Waals surface area contributed by atoms with Crippen LogP contribution in [0, 0.1) is 0 Å². The molecule has 1 atom stereocenters. The van der Waals surface area contributed by atoms with Crippen LogP contribution in [0.5, 0.6) is 0 Å². The van der Waals surface area contributed by atoms with Gasteiger partial charge in [-0.25, -0.2) is 13.4 Å². The molecule has 1 N–H and O–H groups in total. The van der Waals surface area contributed by atoms with E-state index >= 15 is 0 Å². The van der Waals surface area contributed by atoms with Crippen molar-refractivity contribution in [2.24, 2.45) is 0 Å². The molecule has 1 fully saturated rings. The summed E-state index contributed by atoms with van der Waals surface area (Å²) >= 11 is 0. The number of aromatic nitrogens is 2. The third kappa shape index (κ3) is 3.02. The molecule has 1 aliphatic rings. The zero-order chi connectivity index (χ0) is 14.0. The standard InChI is InChI=1S/C14H19N3O2S/c18-20(19)9-6-12(10-20)15-7-3-8-17-11-16-13-4-1-2-5-14(13)17/h1-2,4-5,11-12,15H,3,6-10H2. The van der Waals surface area contributed by atoms with Crippen LogP contribution < -0.4 is 5.32 Å². The summed E-state index contributed by atoms with van der Waals surface area (Å²) in [5.74, 6) is 0.623. The molecule has 6 heteroatoms. The Morgan fingerprint density at radius 3 is 3.00 bits per heavy atom. The van der Waals surface area contributed by atoms with Crippen molar-refractivity contribution in [2.45, 2.75) is 25.4 Å². The van der Waals surface area contributed by atoms with Crippen molar-refractivity contribution in [3.63, 3.8) is 0 Å². The Morgan fingerprint density at radius 1 is 1.35 bits per heavy atom. The first-order chi connectivity index (χ1) is 9.64. The van der Waals surface area contributed by atoms with E-state index in [0.717, 1.165) is 37.0 Å². The molecule has 1 saturated heterocycles. The lowest BCUT2D eigenvalue weighted by molar-refractivity contribution is 0.520. The molecule has 0 aliphatic carbocycles. The summed E-state index contributed by atoms with van der Waals surface area (Å²) in [6, 6.07) is 8.22. The Labute approximate surface area is 118 Å². The second kappa shape index (κ2) is 5.54. The number of nitrogens with one attached hydrogen (secondary N) is 1. The number of fused-ring (bicyclic) bond motifs is 1. The molecule has 0 radical (unpaired) electrons. The Balaban J connectivity index is 1.49. The Kier molecular flexibility index (Phi) is 3.76. The van der Waals surface area contributed by atoms with Crippen LogP contribution in [-0.4, -0.2) is 42.1 Å². The minimum Gasteiger partial charge on any atom is -0.331 e. The number of hydrogen-bond donors (Lipinski definition) is 1. The van der Waals surface area contributed by atoms with E-state index in [-0.39, 0.29) is 6.04 Å². The maximum absolute atomic E-state index is 11.4. The molecule has 0 saturated carbocycles. The molecule has 1 aromatic carbocycles. The van der Waals surface area contributed by atoms with Crippen molar-refractivity contribution in [3.8, 4) is 0 Å². The van der Waals surface area contributed by atoms with Crippen LogP contribution in [0.15, 0.2) is 30.6 Å². The molecule has 108 valence electrons. The topological polar surface area (TPSA) is 64.0 Å². The van der Waals surface area contributed by atoms with Crippen molar-refractivity contribution >= 4 is 20.9 Å². The van der Waals surface area contributed by atoms with Crippen molar-refractivity contribution in [2.75, 3.05) is 18.1 Å². The van der Waals surface area contributed by atoms with Gasteiger partial charge >= 0.3 is 0 Å². The van der Waals surface area contributed by atoms with Gasteiger partial charge in [-0.1, -0.05) is 12.1 Å². The highest BCUT2D eigenvalue weighted by Gasteiger charge is 2.26. The largest absolute Gasteiger partial charge is 0.331 e. The predicted octanol–water partition coefficient (Wildman–Crippen LogP) is 1.20. The van der Waals surface area contributed by atoms with Crippen LogP contribution >= 0.6 is 0 Å². The quantitative estimate of drug-likeness (QED) is 0.842. The zero-order valence-corrected chi connectivity index (χ0v) is 12.1. The fourth-order valence-electron chi connectivity index (χ4n) is 2.70. The predicted molar refractivity (Wildman–Crippen MR) is 79.4 cm³/mol. The van der Waals surface area contributed by atoms with Crippen molar-refractivity contribution < 1.29 is 8.42 Å². The highest BCUT2D eigenvalue weighted by atomic mass is 32.2. The van der Waals surface area contributed by atoms with Gasteiger partial charge in [0.25, 0.3) is 0 Å². The molecule has 5 nitrogen and oxygen atoms in total. The average molecular weight is 293 g/mol. The average Bonchev–Trinajstić information content (AvgIpc) is 2.98. The molecule has 0 amide bonds. The number of hydrogen-bond acceptors (Lipinski definition) is 4. The summed E-state index contributed by atoms with van der Waals surface area (Å²) in [6.07, 6.45) is 3.58. The first-order valence-electron chi connectivity index (χ1n) is 6.98. The van der Waals surface area contributed by atoms with E-state index in [1.54, 1.807) is 0 Å². The Bertz CT molecular complexity index is 693. The second-order valence-electron chi connectivity index (χ2n) is 5.33. The molecular formula is C14H19N3O2S. The number of nitrogens with zero attached hydrogens (tertiary/aromatic N) is 2. The molecule has 2 aromatic rings. The second-order valence-corrected chi connectivity index (χ2v) is 7.56. The lowest BCUT2D eigenvalue weighted by Crippen LogP contribution is -2.31. The monoisotopic (exact) mass is 293 g/mol. The summed E-state index contributed by atoms with van der Waals surface area (Å²) < 4.78 is 24.9. The first kappa shape index (κ1) is 13.6. The van der Waals surface area contributed by atoms with Gasteiger partial charge in [-0.05, 0) is 31.5 Å². The number of benzene rings is 1. The molecule has 20 heavy (non-hydrogen) atoms. The van der Waals surface area contributed by atoms with E-state index in [4.69, 9.17) is 0 Å². The molecule has 0 bridgehead atoms. The minimum absolute atomic E-state index is 0.138. The lowest BCUT2D eigenvalue weighted by atomic mass is 10.2. The van der Waals surface area contributed by atoms with E-state index in [2.05, 4.69) is 20.9 Å². The SMILES string of the molecule is O=S1(=O)CCC(NCCCn2cnc3ccccc32)C1. The maximum atomic E-state index is 11.4. The third-order valence-electron chi connectivity index (χ3n) is 3.77. The van der Waals surface area contributed by atoms with Gasteiger partial charge in [0.1, 0.15) is 0 Å². The van der Waals surface area contributed by atoms with Gasteiger partial charge in [-0.3, -0.25) is 0 Å². The van der Waals surface area contributed by atoms with Gasteiger partial charge in [-0.15, -0.1) is 0 Å². The molecule has 2 heterocycles. The number of para-hydroxylation sites is 2. The molecule has 1 unspecified atom stereocenters. The molecule has 0 spiro atoms.